The lowest BCUT2D eigenvalue weighted by Crippen LogP contribution is -2.48. The first-order valence-electron chi connectivity index (χ1n) is 6.42. The highest BCUT2D eigenvalue weighted by Crippen LogP contribution is 2.21. The molecule has 18 heavy (non-hydrogen) atoms. The van der Waals surface area contributed by atoms with Gasteiger partial charge in [0.1, 0.15) is 11.0 Å². The summed E-state index contributed by atoms with van der Waals surface area (Å²) in [5.74, 6) is 0.444. The number of benzene rings is 1. The van der Waals surface area contributed by atoms with Crippen molar-refractivity contribution in [3.8, 4) is 0 Å². The van der Waals surface area contributed by atoms with Crippen molar-refractivity contribution in [3.63, 3.8) is 0 Å². The van der Waals surface area contributed by atoms with Crippen molar-refractivity contribution in [1.82, 2.24) is 4.31 Å². The predicted molar refractivity (Wildman–Crippen MR) is 73.7 cm³/mol. The molecule has 0 N–H and O–H groups in total. The van der Waals surface area contributed by atoms with Crippen molar-refractivity contribution in [3.05, 3.63) is 29.8 Å². The van der Waals surface area contributed by atoms with Crippen LogP contribution in [-0.2, 0) is 15.7 Å². The third-order valence-electron chi connectivity index (χ3n) is 3.32. The zero-order valence-corrected chi connectivity index (χ0v) is 12.1. The summed E-state index contributed by atoms with van der Waals surface area (Å²) < 4.78 is 20.2. The molecule has 2 unspecified atom stereocenters. The van der Waals surface area contributed by atoms with Gasteiger partial charge in [0.25, 0.3) is 0 Å². The van der Waals surface area contributed by atoms with E-state index in [9.17, 15) is 4.21 Å². The smallest absolute Gasteiger partial charge is 0.128 e. The molecule has 100 valence electrons. The van der Waals surface area contributed by atoms with Gasteiger partial charge in [-0.15, -0.1) is 0 Å². The maximum atomic E-state index is 12.6. The van der Waals surface area contributed by atoms with Crippen LogP contribution in [0.5, 0.6) is 0 Å². The summed E-state index contributed by atoms with van der Waals surface area (Å²) >= 11 is 0. The molecule has 0 saturated carbocycles. The Labute approximate surface area is 112 Å². The lowest BCUT2D eigenvalue weighted by molar-refractivity contribution is 0.0184. The van der Waals surface area contributed by atoms with Crippen molar-refractivity contribution in [1.29, 1.82) is 0 Å². The summed E-state index contributed by atoms with van der Waals surface area (Å²) in [5.41, 5.74) is 1.19. The van der Waals surface area contributed by atoms with Crippen molar-refractivity contribution in [2.75, 3.05) is 19.8 Å². The van der Waals surface area contributed by atoms with E-state index >= 15 is 0 Å². The number of nitrogens with zero attached hydrogens (tertiary/aromatic N) is 1. The van der Waals surface area contributed by atoms with E-state index in [4.69, 9.17) is 4.74 Å². The molecule has 1 saturated heterocycles. The summed E-state index contributed by atoms with van der Waals surface area (Å²) in [6.45, 7) is 8.43. The van der Waals surface area contributed by atoms with E-state index in [-0.39, 0.29) is 6.04 Å². The van der Waals surface area contributed by atoms with Gasteiger partial charge in [-0.2, -0.15) is 0 Å². The van der Waals surface area contributed by atoms with Gasteiger partial charge in [-0.25, -0.2) is 8.51 Å². The molecule has 1 aromatic carbocycles. The fourth-order valence-electron chi connectivity index (χ4n) is 2.13. The average Bonchev–Trinajstić information content (AvgIpc) is 2.39. The number of aryl methyl sites for hydroxylation is 1. The Morgan fingerprint density at radius 3 is 2.61 bits per heavy atom. The molecular weight excluding hydrogens is 246 g/mol. The summed E-state index contributed by atoms with van der Waals surface area (Å²) in [7, 11) is -1.08. The lowest BCUT2D eigenvalue weighted by atomic mass is 10.1. The van der Waals surface area contributed by atoms with E-state index in [1.54, 1.807) is 0 Å². The number of hydrogen-bond acceptors (Lipinski definition) is 2. The Balaban J connectivity index is 2.18. The summed E-state index contributed by atoms with van der Waals surface area (Å²) in [4.78, 5) is 0.883. The maximum Gasteiger partial charge on any atom is 0.128 e. The van der Waals surface area contributed by atoms with Crippen LogP contribution in [0.15, 0.2) is 29.2 Å². The second-order valence-corrected chi connectivity index (χ2v) is 6.53. The molecule has 1 aliphatic rings. The van der Waals surface area contributed by atoms with Gasteiger partial charge in [0.05, 0.1) is 18.1 Å². The van der Waals surface area contributed by atoms with Gasteiger partial charge in [-0.3, -0.25) is 0 Å². The van der Waals surface area contributed by atoms with Gasteiger partial charge >= 0.3 is 0 Å². The van der Waals surface area contributed by atoms with Crippen LogP contribution in [0.25, 0.3) is 0 Å². The molecule has 4 heteroatoms. The molecule has 3 nitrogen and oxygen atoms in total. The monoisotopic (exact) mass is 267 g/mol. The summed E-state index contributed by atoms with van der Waals surface area (Å²) in [5, 5.41) is 0. The van der Waals surface area contributed by atoms with Gasteiger partial charge in [0, 0.05) is 12.6 Å². The SMILES string of the molecule is Cc1ccc(S(=O)N2CCOCC2C(C)C)cc1. The third kappa shape index (κ3) is 2.99. The molecule has 0 aromatic heterocycles. The molecule has 0 aliphatic carbocycles. The molecule has 1 heterocycles. The molecule has 1 aromatic rings. The summed E-state index contributed by atoms with van der Waals surface area (Å²) in [6, 6.07) is 8.17. The van der Waals surface area contributed by atoms with Crippen molar-refractivity contribution < 1.29 is 8.95 Å². The largest absolute Gasteiger partial charge is 0.378 e. The zero-order valence-electron chi connectivity index (χ0n) is 11.3. The van der Waals surface area contributed by atoms with Gasteiger partial charge in [0.2, 0.25) is 0 Å². The minimum Gasteiger partial charge on any atom is -0.378 e. The van der Waals surface area contributed by atoms with Gasteiger partial charge < -0.3 is 4.74 Å². The van der Waals surface area contributed by atoms with Crippen LogP contribution in [0.1, 0.15) is 19.4 Å². The highest BCUT2D eigenvalue weighted by Gasteiger charge is 2.30. The van der Waals surface area contributed by atoms with Gasteiger partial charge in [0.15, 0.2) is 0 Å². The highest BCUT2D eigenvalue weighted by atomic mass is 32.2. The minimum absolute atomic E-state index is 0.237. The van der Waals surface area contributed by atoms with Crippen LogP contribution in [0.3, 0.4) is 0 Å². The van der Waals surface area contributed by atoms with E-state index in [0.29, 0.717) is 19.1 Å². The lowest BCUT2D eigenvalue weighted by Gasteiger charge is -2.36. The quantitative estimate of drug-likeness (QED) is 0.841. The van der Waals surface area contributed by atoms with Crippen LogP contribution >= 0.6 is 0 Å². The highest BCUT2D eigenvalue weighted by molar-refractivity contribution is 7.82. The first-order valence-corrected chi connectivity index (χ1v) is 7.53. The third-order valence-corrected chi connectivity index (χ3v) is 4.87. The van der Waals surface area contributed by atoms with Gasteiger partial charge in [-0.1, -0.05) is 31.5 Å². The van der Waals surface area contributed by atoms with E-state index in [2.05, 4.69) is 18.2 Å². The van der Waals surface area contributed by atoms with Crippen molar-refractivity contribution >= 4 is 11.0 Å². The van der Waals surface area contributed by atoms with Crippen molar-refractivity contribution in [2.45, 2.75) is 31.7 Å². The number of rotatable bonds is 3. The topological polar surface area (TPSA) is 29.5 Å². The Hall–Kier alpha value is -0.710. The van der Waals surface area contributed by atoms with E-state index in [1.165, 1.54) is 5.56 Å². The van der Waals surface area contributed by atoms with Gasteiger partial charge in [-0.05, 0) is 25.0 Å². The van der Waals surface area contributed by atoms with E-state index in [0.717, 1.165) is 11.4 Å². The first kappa shape index (κ1) is 13.7. The second-order valence-electron chi connectivity index (χ2n) is 5.09. The Morgan fingerprint density at radius 1 is 1.33 bits per heavy atom. The van der Waals surface area contributed by atoms with Crippen LogP contribution in [0.4, 0.5) is 0 Å². The van der Waals surface area contributed by atoms with Crippen molar-refractivity contribution in [2.24, 2.45) is 5.92 Å². The zero-order chi connectivity index (χ0) is 13.1. The standard InChI is InChI=1S/C14H21NO2S/c1-11(2)14-10-17-9-8-15(14)18(16)13-6-4-12(3)5-7-13/h4-7,11,14H,8-10H2,1-3H3. The minimum atomic E-state index is -1.08. The van der Waals surface area contributed by atoms with Crippen LogP contribution in [0, 0.1) is 12.8 Å². The molecule has 2 atom stereocenters. The molecular formula is C14H21NO2S. The number of morpholine rings is 1. The molecule has 1 fully saturated rings. The predicted octanol–water partition coefficient (Wildman–Crippen LogP) is 2.37. The number of ether oxygens (including phenoxy) is 1. The molecule has 1 aliphatic heterocycles. The maximum absolute atomic E-state index is 12.6. The molecule has 0 spiro atoms. The molecule has 2 rings (SSSR count). The molecule has 0 radical (unpaired) electrons. The fourth-order valence-corrected chi connectivity index (χ4v) is 3.56. The average molecular weight is 267 g/mol. The molecule has 0 bridgehead atoms. The number of hydrogen-bond donors (Lipinski definition) is 0. The normalized spacial score (nSPS) is 23.2. The summed E-state index contributed by atoms with van der Waals surface area (Å²) in [6.07, 6.45) is 0. The van der Waals surface area contributed by atoms with Crippen LogP contribution in [-0.4, -0.2) is 34.3 Å². The van der Waals surface area contributed by atoms with Crippen LogP contribution < -0.4 is 0 Å². The Kier molecular flexibility index (Phi) is 4.54. The first-order chi connectivity index (χ1) is 8.59. The fraction of sp³-hybridized carbons (Fsp3) is 0.571. The molecule has 0 amide bonds. The van der Waals surface area contributed by atoms with E-state index < -0.39 is 11.0 Å². The van der Waals surface area contributed by atoms with Crippen LogP contribution in [0.2, 0.25) is 0 Å². The Morgan fingerprint density at radius 2 is 2.00 bits per heavy atom. The Bertz CT molecular complexity index is 416. The second kappa shape index (κ2) is 5.95. The van der Waals surface area contributed by atoms with E-state index in [1.807, 2.05) is 31.2 Å².